The lowest BCUT2D eigenvalue weighted by Crippen LogP contribution is -1.79. The maximum Gasteiger partial charge on any atom is 0.259 e. The molecule has 0 atom stereocenters. The predicted molar refractivity (Wildman–Crippen MR) is 79.9 cm³/mol. The normalized spacial score (nSPS) is 11.6. The third-order valence-electron chi connectivity index (χ3n) is 2.79. The van der Waals surface area contributed by atoms with Gasteiger partial charge >= 0.3 is 0 Å². The molecule has 0 unspecified atom stereocenters. The molecule has 104 valence electrons. The van der Waals surface area contributed by atoms with E-state index in [9.17, 15) is 4.39 Å². The second kappa shape index (κ2) is 5.89. The maximum atomic E-state index is 13.1. The summed E-state index contributed by atoms with van der Waals surface area (Å²) in [5, 5.41) is 8.11. The van der Waals surface area contributed by atoms with Crippen molar-refractivity contribution in [3.63, 3.8) is 0 Å². The lowest BCUT2D eigenvalue weighted by Gasteiger charge is -1.95. The molecule has 0 fully saturated rings. The summed E-state index contributed by atoms with van der Waals surface area (Å²) in [7, 11) is 0. The Hall–Kier alpha value is -2.46. The smallest absolute Gasteiger partial charge is 0.259 e. The van der Waals surface area contributed by atoms with Crippen molar-refractivity contribution >= 4 is 22.7 Å². The van der Waals surface area contributed by atoms with Crippen molar-refractivity contribution < 1.29 is 8.81 Å². The van der Waals surface area contributed by atoms with Crippen molar-refractivity contribution in [1.82, 2.24) is 10.2 Å². The van der Waals surface area contributed by atoms with Crippen LogP contribution in [0.2, 0.25) is 0 Å². The number of hydrogen-bond donors (Lipinski definition) is 0. The summed E-state index contributed by atoms with van der Waals surface area (Å²) in [5.41, 5.74) is 1.44. The van der Waals surface area contributed by atoms with Crippen LogP contribution in [0.15, 0.2) is 59.0 Å². The third kappa shape index (κ3) is 3.17. The van der Waals surface area contributed by atoms with Gasteiger partial charge in [0.2, 0.25) is 5.89 Å². The minimum Gasteiger partial charge on any atom is -0.415 e. The van der Waals surface area contributed by atoms with Gasteiger partial charge in [0.1, 0.15) is 10.8 Å². The van der Waals surface area contributed by atoms with E-state index >= 15 is 0 Å². The van der Waals surface area contributed by atoms with Gasteiger partial charge in [0.25, 0.3) is 5.89 Å². The summed E-state index contributed by atoms with van der Waals surface area (Å²) in [5.74, 6) is 0.250. The molecule has 21 heavy (non-hydrogen) atoms. The quantitative estimate of drug-likeness (QED) is 0.709. The maximum absolute atomic E-state index is 13.1. The lowest BCUT2D eigenvalue weighted by molar-refractivity contribution is 0.556. The molecule has 0 amide bonds. The van der Waals surface area contributed by atoms with Gasteiger partial charge < -0.3 is 4.42 Å². The summed E-state index contributed by atoms with van der Waals surface area (Å²) >= 11 is 6.14. The van der Waals surface area contributed by atoms with Gasteiger partial charge in [-0.05, 0) is 35.9 Å². The van der Waals surface area contributed by atoms with E-state index in [1.54, 1.807) is 18.2 Å². The molecule has 5 heteroatoms. The number of benzene rings is 2. The molecule has 0 bridgehead atoms. The molecule has 0 aliphatic carbocycles. The summed E-state index contributed by atoms with van der Waals surface area (Å²) in [6.07, 6.45) is 1.58. The SMILES string of the molecule is Fc1cccc(/C=C(\Cl)c2nnc(-c3ccccc3)o2)c1. The van der Waals surface area contributed by atoms with Crippen molar-refractivity contribution in [2.45, 2.75) is 0 Å². The van der Waals surface area contributed by atoms with Crippen LogP contribution in [0.3, 0.4) is 0 Å². The fourth-order valence-corrected chi connectivity index (χ4v) is 2.02. The summed E-state index contributed by atoms with van der Waals surface area (Å²) < 4.78 is 18.6. The van der Waals surface area contributed by atoms with Crippen LogP contribution in [-0.2, 0) is 0 Å². The van der Waals surface area contributed by atoms with E-state index in [1.807, 2.05) is 30.3 Å². The van der Waals surface area contributed by atoms with Gasteiger partial charge in [-0.2, -0.15) is 0 Å². The van der Waals surface area contributed by atoms with Crippen LogP contribution in [0.1, 0.15) is 11.5 Å². The molecule has 0 aliphatic rings. The van der Waals surface area contributed by atoms with Gasteiger partial charge in [0.05, 0.1) is 0 Å². The average Bonchev–Trinajstić information content (AvgIpc) is 2.98. The van der Waals surface area contributed by atoms with Gasteiger partial charge in [0.15, 0.2) is 0 Å². The van der Waals surface area contributed by atoms with Crippen LogP contribution < -0.4 is 0 Å². The first kappa shape index (κ1) is 13.5. The zero-order valence-electron chi connectivity index (χ0n) is 10.8. The second-order valence-corrected chi connectivity index (χ2v) is 4.73. The number of nitrogens with zero attached hydrogens (tertiary/aromatic N) is 2. The van der Waals surface area contributed by atoms with Gasteiger partial charge in [-0.15, -0.1) is 10.2 Å². The molecule has 3 rings (SSSR count). The fraction of sp³-hybridized carbons (Fsp3) is 0. The number of aromatic nitrogens is 2. The molecule has 0 saturated carbocycles. The molecule has 2 aromatic carbocycles. The zero-order chi connectivity index (χ0) is 14.7. The highest BCUT2D eigenvalue weighted by Gasteiger charge is 2.11. The lowest BCUT2D eigenvalue weighted by atomic mass is 10.2. The molecule has 0 N–H and O–H groups in total. The molecule has 0 radical (unpaired) electrons. The molecular formula is C16H10ClFN2O. The Morgan fingerprint density at radius 1 is 1.05 bits per heavy atom. The second-order valence-electron chi connectivity index (χ2n) is 4.33. The van der Waals surface area contributed by atoms with Crippen molar-refractivity contribution in [3.05, 3.63) is 71.9 Å². The number of hydrogen-bond acceptors (Lipinski definition) is 3. The molecule has 0 saturated heterocycles. The van der Waals surface area contributed by atoms with Gasteiger partial charge in [0, 0.05) is 5.56 Å². The Bertz CT molecular complexity index is 784. The Morgan fingerprint density at radius 3 is 2.62 bits per heavy atom. The molecule has 1 aromatic heterocycles. The van der Waals surface area contributed by atoms with E-state index in [0.717, 1.165) is 5.56 Å². The third-order valence-corrected chi connectivity index (χ3v) is 3.06. The van der Waals surface area contributed by atoms with Crippen LogP contribution in [0.5, 0.6) is 0 Å². The van der Waals surface area contributed by atoms with E-state index in [-0.39, 0.29) is 16.7 Å². The van der Waals surface area contributed by atoms with E-state index in [0.29, 0.717) is 11.5 Å². The van der Waals surface area contributed by atoms with Crippen molar-refractivity contribution in [1.29, 1.82) is 0 Å². The highest BCUT2D eigenvalue weighted by molar-refractivity contribution is 6.50. The molecule has 1 heterocycles. The minimum absolute atomic E-state index is 0.194. The first-order valence-corrected chi connectivity index (χ1v) is 6.62. The first-order chi connectivity index (χ1) is 10.2. The van der Waals surface area contributed by atoms with E-state index in [2.05, 4.69) is 10.2 Å². The summed E-state index contributed by atoms with van der Waals surface area (Å²) in [6.45, 7) is 0. The molecule has 0 spiro atoms. The van der Waals surface area contributed by atoms with Gasteiger partial charge in [-0.25, -0.2) is 4.39 Å². The average molecular weight is 301 g/mol. The van der Waals surface area contributed by atoms with Crippen molar-refractivity contribution in [2.75, 3.05) is 0 Å². The van der Waals surface area contributed by atoms with Crippen LogP contribution in [0.25, 0.3) is 22.6 Å². The molecule has 3 aromatic rings. The van der Waals surface area contributed by atoms with Crippen LogP contribution in [0.4, 0.5) is 4.39 Å². The Morgan fingerprint density at radius 2 is 1.86 bits per heavy atom. The van der Waals surface area contributed by atoms with Crippen LogP contribution in [-0.4, -0.2) is 10.2 Å². The highest BCUT2D eigenvalue weighted by atomic mass is 35.5. The molecule has 0 aliphatic heterocycles. The van der Waals surface area contributed by atoms with E-state index in [4.69, 9.17) is 16.0 Å². The zero-order valence-corrected chi connectivity index (χ0v) is 11.6. The minimum atomic E-state index is -0.330. The largest absolute Gasteiger partial charge is 0.415 e. The fourth-order valence-electron chi connectivity index (χ4n) is 1.82. The van der Waals surface area contributed by atoms with Gasteiger partial charge in [-0.1, -0.05) is 41.9 Å². The predicted octanol–water partition coefficient (Wildman–Crippen LogP) is 4.61. The standard InChI is InChI=1S/C16H10ClFN2O/c17-14(10-11-5-4-8-13(18)9-11)16-20-19-15(21-16)12-6-2-1-3-7-12/h1-10H/b14-10-. The van der Waals surface area contributed by atoms with Gasteiger partial charge in [-0.3, -0.25) is 0 Å². The van der Waals surface area contributed by atoms with Crippen molar-refractivity contribution in [2.24, 2.45) is 0 Å². The summed E-state index contributed by atoms with van der Waals surface area (Å²) in [4.78, 5) is 0. The van der Waals surface area contributed by atoms with E-state index < -0.39 is 0 Å². The van der Waals surface area contributed by atoms with Crippen LogP contribution >= 0.6 is 11.6 Å². The van der Waals surface area contributed by atoms with Crippen molar-refractivity contribution in [3.8, 4) is 11.5 Å². The first-order valence-electron chi connectivity index (χ1n) is 6.24. The molecule has 3 nitrogen and oxygen atoms in total. The Kier molecular flexibility index (Phi) is 3.79. The molecular weight excluding hydrogens is 291 g/mol. The van der Waals surface area contributed by atoms with Crippen LogP contribution in [0, 0.1) is 5.82 Å². The number of rotatable bonds is 3. The number of halogens is 2. The monoisotopic (exact) mass is 300 g/mol. The Labute approximate surface area is 125 Å². The highest BCUT2D eigenvalue weighted by Crippen LogP contribution is 2.25. The Balaban J connectivity index is 1.89. The van der Waals surface area contributed by atoms with E-state index in [1.165, 1.54) is 12.1 Å². The summed E-state index contributed by atoms with van der Waals surface area (Å²) in [6, 6.07) is 15.5. The topological polar surface area (TPSA) is 38.9 Å².